The van der Waals surface area contributed by atoms with Gasteiger partial charge in [0.1, 0.15) is 12.3 Å². The highest BCUT2D eigenvalue weighted by Crippen LogP contribution is 2.19. The molecule has 2 aromatic carbocycles. The monoisotopic (exact) mass is 391 g/mol. The van der Waals surface area contributed by atoms with E-state index in [1.807, 2.05) is 0 Å². The average molecular weight is 391 g/mol. The first-order valence-electron chi connectivity index (χ1n) is 8.92. The molecule has 0 saturated carbocycles. The van der Waals surface area contributed by atoms with E-state index in [9.17, 15) is 14.4 Å². The number of rotatable bonds is 5. The number of benzene rings is 2. The summed E-state index contributed by atoms with van der Waals surface area (Å²) >= 11 is 0. The molecule has 0 aliphatic rings. The number of fused-ring (bicyclic) bond motifs is 2. The van der Waals surface area contributed by atoms with E-state index in [-0.39, 0.29) is 17.8 Å². The Morgan fingerprint density at radius 3 is 2.28 bits per heavy atom. The van der Waals surface area contributed by atoms with Crippen LogP contribution in [0, 0.1) is 6.92 Å². The first-order valence-corrected chi connectivity index (χ1v) is 8.92. The number of pyridine rings is 1. The standard InChI is InChI=1S/C21H17N3O5/c1-13-10-18(23-29-13)22-19(25)12-28-20(26)11-24-16-8-4-2-6-14(16)21(27)15-7-3-5-9-17(15)24/h2-10H,11-12H2,1H3,(H,22,23,25). The number of ether oxygens (including phenoxy) is 1. The van der Waals surface area contributed by atoms with Crippen LogP contribution in [0.5, 0.6) is 0 Å². The molecule has 0 atom stereocenters. The van der Waals surface area contributed by atoms with E-state index in [0.29, 0.717) is 27.6 Å². The third-order valence-electron chi connectivity index (χ3n) is 4.43. The minimum Gasteiger partial charge on any atom is -0.454 e. The number of carbonyl (C=O) groups excluding carboxylic acids is 2. The minimum absolute atomic E-state index is 0.0944. The maximum Gasteiger partial charge on any atom is 0.326 e. The fourth-order valence-corrected chi connectivity index (χ4v) is 3.17. The summed E-state index contributed by atoms with van der Waals surface area (Å²) in [4.78, 5) is 37.1. The summed E-state index contributed by atoms with van der Waals surface area (Å²) in [5, 5.41) is 7.15. The van der Waals surface area contributed by atoms with Crippen molar-refractivity contribution < 1.29 is 18.8 Å². The van der Waals surface area contributed by atoms with Crippen LogP contribution in [0.4, 0.5) is 5.82 Å². The second-order valence-electron chi connectivity index (χ2n) is 6.48. The highest BCUT2D eigenvalue weighted by Gasteiger charge is 2.15. The molecule has 4 rings (SSSR count). The van der Waals surface area contributed by atoms with Crippen molar-refractivity contribution in [2.75, 3.05) is 11.9 Å². The lowest BCUT2D eigenvalue weighted by molar-refractivity contribution is -0.147. The molecule has 2 aromatic heterocycles. The molecule has 1 N–H and O–H groups in total. The Balaban J connectivity index is 1.55. The van der Waals surface area contributed by atoms with Gasteiger partial charge in [0, 0.05) is 16.8 Å². The van der Waals surface area contributed by atoms with Gasteiger partial charge >= 0.3 is 5.97 Å². The summed E-state index contributed by atoms with van der Waals surface area (Å²) in [5.74, 6) is -0.327. The maximum atomic E-state index is 12.7. The van der Waals surface area contributed by atoms with E-state index in [4.69, 9.17) is 9.26 Å². The molecule has 0 bridgehead atoms. The van der Waals surface area contributed by atoms with Crippen molar-refractivity contribution in [2.45, 2.75) is 13.5 Å². The van der Waals surface area contributed by atoms with E-state index >= 15 is 0 Å². The Bertz CT molecular complexity index is 1230. The van der Waals surface area contributed by atoms with Crippen LogP contribution >= 0.6 is 0 Å². The summed E-state index contributed by atoms with van der Waals surface area (Å²) in [7, 11) is 0. The second-order valence-corrected chi connectivity index (χ2v) is 6.48. The summed E-state index contributed by atoms with van der Waals surface area (Å²) in [6, 6.07) is 15.7. The molecule has 8 nitrogen and oxygen atoms in total. The Morgan fingerprint density at radius 2 is 1.69 bits per heavy atom. The van der Waals surface area contributed by atoms with Crippen LogP contribution in [0.15, 0.2) is 63.9 Å². The van der Waals surface area contributed by atoms with Gasteiger partial charge in [-0.3, -0.25) is 14.4 Å². The zero-order valence-electron chi connectivity index (χ0n) is 15.5. The third kappa shape index (κ3) is 3.73. The van der Waals surface area contributed by atoms with Gasteiger partial charge in [0.15, 0.2) is 17.9 Å². The van der Waals surface area contributed by atoms with Crippen molar-refractivity contribution in [3.05, 3.63) is 70.6 Å². The van der Waals surface area contributed by atoms with Gasteiger partial charge < -0.3 is 19.1 Å². The van der Waals surface area contributed by atoms with Gasteiger partial charge in [-0.2, -0.15) is 0 Å². The molecular weight excluding hydrogens is 374 g/mol. The number of aryl methyl sites for hydroxylation is 1. The molecule has 0 saturated heterocycles. The number of carbonyl (C=O) groups is 2. The average Bonchev–Trinajstić information content (AvgIpc) is 3.14. The first kappa shape index (κ1) is 18.4. The normalized spacial score (nSPS) is 10.9. The first-order chi connectivity index (χ1) is 14.0. The van der Waals surface area contributed by atoms with E-state index in [1.165, 1.54) is 0 Å². The number of amides is 1. The number of hydrogen-bond donors (Lipinski definition) is 1. The Hall–Kier alpha value is -3.94. The van der Waals surface area contributed by atoms with Crippen LogP contribution in [0.3, 0.4) is 0 Å². The van der Waals surface area contributed by atoms with Crippen molar-refractivity contribution in [2.24, 2.45) is 0 Å². The predicted octanol–water partition coefficient (Wildman–Crippen LogP) is 2.63. The number of esters is 1. The molecule has 0 aliphatic carbocycles. The van der Waals surface area contributed by atoms with Crippen LogP contribution < -0.4 is 10.7 Å². The van der Waals surface area contributed by atoms with Crippen molar-refractivity contribution >= 4 is 39.5 Å². The van der Waals surface area contributed by atoms with Crippen molar-refractivity contribution in [3.8, 4) is 0 Å². The molecule has 2 heterocycles. The number of nitrogens with one attached hydrogen (secondary N) is 1. The van der Waals surface area contributed by atoms with Gasteiger partial charge in [-0.1, -0.05) is 29.4 Å². The molecule has 0 radical (unpaired) electrons. The van der Waals surface area contributed by atoms with Gasteiger partial charge in [0.25, 0.3) is 5.91 Å². The number of para-hydroxylation sites is 2. The van der Waals surface area contributed by atoms with Gasteiger partial charge in [0.05, 0.1) is 11.0 Å². The van der Waals surface area contributed by atoms with E-state index < -0.39 is 18.5 Å². The molecule has 8 heteroatoms. The van der Waals surface area contributed by atoms with Crippen molar-refractivity contribution in [1.29, 1.82) is 0 Å². The lowest BCUT2D eigenvalue weighted by Gasteiger charge is -2.14. The fourth-order valence-electron chi connectivity index (χ4n) is 3.17. The van der Waals surface area contributed by atoms with E-state index in [1.54, 1.807) is 66.1 Å². The largest absolute Gasteiger partial charge is 0.454 e. The minimum atomic E-state index is -0.601. The molecule has 146 valence electrons. The molecular formula is C21H17N3O5. The Labute approximate surface area is 164 Å². The summed E-state index contributed by atoms with van der Waals surface area (Å²) in [6.07, 6.45) is 0. The number of hydrogen-bond acceptors (Lipinski definition) is 6. The van der Waals surface area contributed by atoms with E-state index in [2.05, 4.69) is 10.5 Å². The zero-order valence-corrected chi connectivity index (χ0v) is 15.5. The van der Waals surface area contributed by atoms with Crippen LogP contribution in [-0.2, 0) is 20.9 Å². The maximum absolute atomic E-state index is 12.7. The van der Waals surface area contributed by atoms with Crippen LogP contribution in [0.2, 0.25) is 0 Å². The summed E-state index contributed by atoms with van der Waals surface area (Å²) < 4.78 is 11.7. The quantitative estimate of drug-likeness (QED) is 0.414. The predicted molar refractivity (Wildman–Crippen MR) is 107 cm³/mol. The van der Waals surface area contributed by atoms with Crippen LogP contribution in [0.25, 0.3) is 21.8 Å². The highest BCUT2D eigenvalue weighted by atomic mass is 16.5. The third-order valence-corrected chi connectivity index (χ3v) is 4.43. The Morgan fingerprint density at radius 1 is 1.07 bits per heavy atom. The van der Waals surface area contributed by atoms with Gasteiger partial charge in [-0.05, 0) is 31.2 Å². The van der Waals surface area contributed by atoms with Gasteiger partial charge in [-0.25, -0.2) is 0 Å². The smallest absolute Gasteiger partial charge is 0.326 e. The lowest BCUT2D eigenvalue weighted by Crippen LogP contribution is -2.24. The number of aromatic nitrogens is 2. The topological polar surface area (TPSA) is 103 Å². The second kappa shape index (κ2) is 7.59. The molecule has 0 spiro atoms. The SMILES string of the molecule is Cc1cc(NC(=O)COC(=O)Cn2c3ccccc3c(=O)c3ccccc32)no1. The number of nitrogens with zero attached hydrogens (tertiary/aromatic N) is 2. The molecule has 4 aromatic rings. The summed E-state index contributed by atoms with van der Waals surface area (Å²) in [6.45, 7) is 1.10. The molecule has 0 aliphatic heterocycles. The van der Waals surface area contributed by atoms with Crippen molar-refractivity contribution in [1.82, 2.24) is 9.72 Å². The zero-order chi connectivity index (χ0) is 20.4. The fraction of sp³-hybridized carbons (Fsp3) is 0.143. The van der Waals surface area contributed by atoms with Crippen LogP contribution in [-0.4, -0.2) is 28.2 Å². The molecule has 0 unspecified atom stereocenters. The van der Waals surface area contributed by atoms with Crippen LogP contribution in [0.1, 0.15) is 5.76 Å². The summed E-state index contributed by atoms with van der Waals surface area (Å²) in [5.41, 5.74) is 1.15. The number of anilines is 1. The Kier molecular flexibility index (Phi) is 4.82. The van der Waals surface area contributed by atoms with Gasteiger partial charge in [0.2, 0.25) is 0 Å². The highest BCUT2D eigenvalue weighted by molar-refractivity contribution is 5.95. The molecule has 1 amide bonds. The van der Waals surface area contributed by atoms with Crippen molar-refractivity contribution in [3.63, 3.8) is 0 Å². The molecule has 29 heavy (non-hydrogen) atoms. The van der Waals surface area contributed by atoms with Gasteiger partial charge in [-0.15, -0.1) is 0 Å². The van der Waals surface area contributed by atoms with E-state index in [0.717, 1.165) is 0 Å². The molecule has 0 fully saturated rings. The lowest BCUT2D eigenvalue weighted by atomic mass is 10.1.